The number of carboxylic acids is 1. The molecule has 0 radical (unpaired) electrons. The van der Waals surface area contributed by atoms with Gasteiger partial charge >= 0.3 is 18.1 Å². The maximum Gasteiger partial charge on any atom is 0.490 e. The van der Waals surface area contributed by atoms with Crippen LogP contribution in [0.3, 0.4) is 0 Å². The molecule has 1 aromatic rings. The van der Waals surface area contributed by atoms with Crippen LogP contribution in [0.5, 0.6) is 0 Å². The van der Waals surface area contributed by atoms with E-state index in [9.17, 15) is 22.8 Å². The third-order valence-electron chi connectivity index (χ3n) is 5.99. The summed E-state index contributed by atoms with van der Waals surface area (Å²) >= 11 is 0. The van der Waals surface area contributed by atoms with Gasteiger partial charge in [-0.25, -0.2) is 4.79 Å². The Balaban J connectivity index is 0.000000360. The SMILES string of the molecule is Cc1cc(C2CC2)ncc1C(=O)NCC1CC2(CCNCC2)C(=O)O1.O=C(O)C(F)(F)F. The molecule has 3 fully saturated rings. The lowest BCUT2D eigenvalue weighted by atomic mass is 9.76. The summed E-state index contributed by atoms with van der Waals surface area (Å²) in [4.78, 5) is 38.1. The third-order valence-corrected chi connectivity index (χ3v) is 5.99. The maximum atomic E-state index is 12.5. The first-order valence-corrected chi connectivity index (χ1v) is 10.5. The molecule has 1 unspecified atom stereocenters. The molecule has 1 aliphatic carbocycles. The van der Waals surface area contributed by atoms with Crippen LogP contribution in [0.1, 0.15) is 59.6 Å². The molecule has 8 nitrogen and oxygen atoms in total. The number of aryl methyl sites for hydroxylation is 1. The Morgan fingerprint density at radius 2 is 1.94 bits per heavy atom. The second kappa shape index (κ2) is 9.43. The molecule has 1 atom stereocenters. The second-order valence-electron chi connectivity index (χ2n) is 8.47. The second-order valence-corrected chi connectivity index (χ2v) is 8.47. The van der Waals surface area contributed by atoms with Crippen molar-refractivity contribution in [2.45, 2.75) is 57.2 Å². The number of carbonyl (C=O) groups excluding carboxylic acids is 2. The Labute approximate surface area is 182 Å². The van der Waals surface area contributed by atoms with E-state index in [1.165, 1.54) is 12.8 Å². The Bertz CT molecular complexity index is 880. The fraction of sp³-hybridized carbons (Fsp3) is 0.619. The van der Waals surface area contributed by atoms with Gasteiger partial charge in [0, 0.05) is 24.2 Å². The number of halogens is 3. The Kier molecular flexibility index (Phi) is 7.06. The van der Waals surface area contributed by atoms with Crippen molar-refractivity contribution in [2.24, 2.45) is 5.41 Å². The predicted molar refractivity (Wildman–Crippen MR) is 106 cm³/mol. The highest BCUT2D eigenvalue weighted by atomic mass is 19.4. The molecule has 11 heteroatoms. The molecule has 2 aliphatic heterocycles. The summed E-state index contributed by atoms with van der Waals surface area (Å²) in [6.45, 7) is 4.02. The van der Waals surface area contributed by atoms with Crippen LogP contribution in [-0.2, 0) is 14.3 Å². The quantitative estimate of drug-likeness (QED) is 0.594. The standard InChI is InChI=1S/C19H25N3O3.C2HF3O2/c1-12-8-16(13-2-3-13)21-11-15(12)17(23)22-10-14-9-19(18(24)25-14)4-6-20-7-5-19;3-2(4,5)1(6)7/h8,11,13-14,20H,2-7,9-10H2,1H3,(H,22,23);(H,6,7). The molecule has 0 aromatic carbocycles. The van der Waals surface area contributed by atoms with Gasteiger partial charge < -0.3 is 20.5 Å². The van der Waals surface area contributed by atoms with E-state index in [1.54, 1.807) is 6.20 Å². The molecule has 176 valence electrons. The van der Waals surface area contributed by atoms with Gasteiger partial charge in [-0.15, -0.1) is 0 Å². The summed E-state index contributed by atoms with van der Waals surface area (Å²) in [5.41, 5.74) is 2.30. The fourth-order valence-electron chi connectivity index (χ4n) is 3.98. The van der Waals surface area contributed by atoms with Crippen molar-refractivity contribution >= 4 is 17.8 Å². The van der Waals surface area contributed by atoms with E-state index in [-0.39, 0.29) is 23.4 Å². The first kappa shape index (κ1) is 24.0. The molecule has 3 heterocycles. The van der Waals surface area contributed by atoms with E-state index >= 15 is 0 Å². The van der Waals surface area contributed by atoms with E-state index in [0.717, 1.165) is 37.2 Å². The number of nitrogens with one attached hydrogen (secondary N) is 2. The number of cyclic esters (lactones) is 1. The zero-order valence-electron chi connectivity index (χ0n) is 17.6. The summed E-state index contributed by atoms with van der Waals surface area (Å²) in [6, 6.07) is 2.02. The number of aliphatic carboxylic acids is 1. The van der Waals surface area contributed by atoms with Gasteiger partial charge in [0.2, 0.25) is 0 Å². The first-order valence-electron chi connectivity index (χ1n) is 10.5. The highest BCUT2D eigenvalue weighted by molar-refractivity contribution is 5.95. The zero-order chi connectivity index (χ0) is 23.5. The van der Waals surface area contributed by atoms with Crippen LogP contribution >= 0.6 is 0 Å². The Hall–Kier alpha value is -2.69. The number of esters is 1. The predicted octanol–water partition coefficient (Wildman–Crippen LogP) is 2.32. The molecule has 3 N–H and O–H groups in total. The fourth-order valence-corrected chi connectivity index (χ4v) is 3.98. The lowest BCUT2D eigenvalue weighted by Gasteiger charge is -2.29. The largest absolute Gasteiger partial charge is 0.490 e. The van der Waals surface area contributed by atoms with Crippen LogP contribution in [0.15, 0.2) is 12.3 Å². The van der Waals surface area contributed by atoms with E-state index in [4.69, 9.17) is 14.6 Å². The molecular weight excluding hydrogens is 431 g/mol. The molecule has 2 saturated heterocycles. The minimum atomic E-state index is -5.08. The lowest BCUT2D eigenvalue weighted by molar-refractivity contribution is -0.192. The number of rotatable bonds is 4. The first-order chi connectivity index (χ1) is 15.0. The van der Waals surface area contributed by atoms with Gasteiger partial charge in [0.05, 0.1) is 17.5 Å². The number of hydrogen-bond acceptors (Lipinski definition) is 6. The van der Waals surface area contributed by atoms with Crippen LogP contribution in [0.4, 0.5) is 13.2 Å². The molecule has 1 aromatic heterocycles. The van der Waals surface area contributed by atoms with Gasteiger partial charge in [-0.3, -0.25) is 14.6 Å². The maximum absolute atomic E-state index is 12.5. The van der Waals surface area contributed by atoms with Crippen LogP contribution in [0, 0.1) is 12.3 Å². The molecule has 4 rings (SSSR count). The minimum absolute atomic E-state index is 0.0973. The lowest BCUT2D eigenvalue weighted by Crippen LogP contribution is -2.39. The number of alkyl halides is 3. The molecule has 0 bridgehead atoms. The normalized spacial score (nSPS) is 22.0. The number of aromatic nitrogens is 1. The van der Waals surface area contributed by atoms with Crippen LogP contribution in [0.2, 0.25) is 0 Å². The Morgan fingerprint density at radius 3 is 2.47 bits per heavy atom. The molecule has 1 spiro atoms. The highest BCUT2D eigenvalue weighted by Gasteiger charge is 2.49. The van der Waals surface area contributed by atoms with Crippen molar-refractivity contribution in [2.75, 3.05) is 19.6 Å². The number of nitrogens with zero attached hydrogens (tertiary/aromatic N) is 1. The number of ether oxygens (including phenoxy) is 1. The number of piperidine rings is 1. The van der Waals surface area contributed by atoms with Gasteiger partial charge in [-0.05, 0) is 57.3 Å². The van der Waals surface area contributed by atoms with Gasteiger partial charge in [0.25, 0.3) is 5.91 Å². The van der Waals surface area contributed by atoms with Gasteiger partial charge in [0.15, 0.2) is 0 Å². The van der Waals surface area contributed by atoms with Crippen molar-refractivity contribution in [3.63, 3.8) is 0 Å². The molecular formula is C21H26F3N3O5. The summed E-state index contributed by atoms with van der Waals surface area (Å²) in [5, 5.41) is 13.3. The van der Waals surface area contributed by atoms with Gasteiger partial charge in [0.1, 0.15) is 6.10 Å². The highest BCUT2D eigenvalue weighted by Crippen LogP contribution is 2.41. The smallest absolute Gasteiger partial charge is 0.475 e. The number of carboxylic acid groups (broad SMARTS) is 1. The number of hydrogen-bond donors (Lipinski definition) is 3. The number of amides is 1. The van der Waals surface area contributed by atoms with Crippen molar-refractivity contribution in [1.82, 2.24) is 15.6 Å². The van der Waals surface area contributed by atoms with Crippen molar-refractivity contribution in [3.8, 4) is 0 Å². The minimum Gasteiger partial charge on any atom is -0.475 e. The van der Waals surface area contributed by atoms with Crippen molar-refractivity contribution in [3.05, 3.63) is 29.1 Å². The summed E-state index contributed by atoms with van der Waals surface area (Å²) in [7, 11) is 0. The van der Waals surface area contributed by atoms with Crippen LogP contribution in [-0.4, -0.2) is 59.9 Å². The zero-order valence-corrected chi connectivity index (χ0v) is 17.6. The van der Waals surface area contributed by atoms with Gasteiger partial charge in [-0.2, -0.15) is 13.2 Å². The van der Waals surface area contributed by atoms with Crippen LogP contribution < -0.4 is 10.6 Å². The topological polar surface area (TPSA) is 118 Å². The number of carbonyl (C=O) groups is 3. The van der Waals surface area contributed by atoms with E-state index < -0.39 is 12.1 Å². The number of pyridine rings is 1. The molecule has 1 amide bonds. The average Bonchev–Trinajstić information content (AvgIpc) is 3.53. The molecule has 3 aliphatic rings. The Morgan fingerprint density at radius 1 is 1.31 bits per heavy atom. The third kappa shape index (κ3) is 5.76. The molecule has 32 heavy (non-hydrogen) atoms. The van der Waals surface area contributed by atoms with E-state index in [1.807, 2.05) is 13.0 Å². The van der Waals surface area contributed by atoms with E-state index in [0.29, 0.717) is 24.4 Å². The average molecular weight is 457 g/mol. The summed E-state index contributed by atoms with van der Waals surface area (Å²) in [5.74, 6) is -2.42. The van der Waals surface area contributed by atoms with Crippen molar-refractivity contribution < 1.29 is 37.4 Å². The summed E-state index contributed by atoms with van der Waals surface area (Å²) < 4.78 is 37.3. The molecule has 1 saturated carbocycles. The summed E-state index contributed by atoms with van der Waals surface area (Å²) in [6.07, 6.45) is 1.10. The van der Waals surface area contributed by atoms with Crippen LogP contribution in [0.25, 0.3) is 0 Å². The van der Waals surface area contributed by atoms with E-state index in [2.05, 4.69) is 15.6 Å². The monoisotopic (exact) mass is 457 g/mol. The van der Waals surface area contributed by atoms with Gasteiger partial charge in [-0.1, -0.05) is 0 Å². The van der Waals surface area contributed by atoms with Crippen molar-refractivity contribution in [1.29, 1.82) is 0 Å².